The minimum atomic E-state index is -1.06. The number of aliphatic carboxylic acids is 1. The zero-order valence-electron chi connectivity index (χ0n) is 25.5. The van der Waals surface area contributed by atoms with Gasteiger partial charge in [0.25, 0.3) is 5.91 Å². The van der Waals surface area contributed by atoms with E-state index in [9.17, 15) is 24.3 Å². The van der Waals surface area contributed by atoms with E-state index in [0.29, 0.717) is 49.9 Å². The maximum atomic E-state index is 13.7. The topological polar surface area (TPSA) is 137 Å². The van der Waals surface area contributed by atoms with Crippen LogP contribution in [0.1, 0.15) is 61.9 Å². The Balaban J connectivity index is 1.64. The van der Waals surface area contributed by atoms with Gasteiger partial charge in [-0.25, -0.2) is 0 Å². The van der Waals surface area contributed by atoms with Gasteiger partial charge in [-0.05, 0) is 74.3 Å². The number of carboxylic acids is 1. The molecule has 0 saturated carbocycles. The van der Waals surface area contributed by atoms with Crippen molar-refractivity contribution in [3.8, 4) is 0 Å². The highest BCUT2D eigenvalue weighted by atomic mass is 16.4. The average molecular weight is 601 g/mol. The normalized spacial score (nSPS) is 13.0. The van der Waals surface area contributed by atoms with Crippen LogP contribution in [-0.2, 0) is 20.8 Å². The third-order valence-electron chi connectivity index (χ3n) is 7.20. The van der Waals surface area contributed by atoms with Crippen LogP contribution in [0.5, 0.6) is 0 Å². The maximum Gasteiger partial charge on any atom is 0.320 e. The zero-order valence-corrected chi connectivity index (χ0v) is 25.5. The van der Waals surface area contributed by atoms with E-state index < -0.39 is 30.0 Å². The van der Waals surface area contributed by atoms with Crippen molar-refractivity contribution in [2.24, 2.45) is 5.92 Å². The van der Waals surface area contributed by atoms with Crippen molar-refractivity contribution in [1.82, 2.24) is 16.0 Å². The highest BCUT2D eigenvalue weighted by Crippen LogP contribution is 2.13. The molecule has 0 aromatic heterocycles. The SMILES string of the molecule is CC(C)C[C@H](NC(=O)[C@H](CCc1ccccc1)N[C@H](CCCCNC(=O)c1ccccc1)C(=O)O)C(=O)Nc1ccccc1. The first kappa shape index (κ1) is 34.0. The number of anilines is 1. The molecule has 0 aliphatic rings. The molecule has 0 aliphatic heterocycles. The molecule has 3 amide bonds. The van der Waals surface area contributed by atoms with Crippen molar-refractivity contribution in [3.05, 3.63) is 102 Å². The molecule has 0 fully saturated rings. The molecule has 234 valence electrons. The second kappa shape index (κ2) is 18.2. The van der Waals surface area contributed by atoms with Crippen LogP contribution in [0.3, 0.4) is 0 Å². The predicted molar refractivity (Wildman–Crippen MR) is 172 cm³/mol. The summed E-state index contributed by atoms with van der Waals surface area (Å²) in [6.07, 6.45) is 2.71. The lowest BCUT2D eigenvalue weighted by molar-refractivity contribution is -0.140. The monoisotopic (exact) mass is 600 g/mol. The number of unbranched alkanes of at least 4 members (excludes halogenated alkanes) is 1. The fourth-order valence-electron chi connectivity index (χ4n) is 4.86. The van der Waals surface area contributed by atoms with Gasteiger partial charge in [-0.2, -0.15) is 0 Å². The number of aryl methyl sites for hydroxylation is 1. The van der Waals surface area contributed by atoms with Gasteiger partial charge < -0.3 is 21.1 Å². The predicted octanol–water partition coefficient (Wildman–Crippen LogP) is 4.80. The van der Waals surface area contributed by atoms with Gasteiger partial charge in [0.05, 0.1) is 6.04 Å². The number of benzene rings is 3. The molecule has 9 heteroatoms. The Bertz CT molecular complexity index is 1320. The molecule has 0 saturated heterocycles. The first-order chi connectivity index (χ1) is 21.2. The van der Waals surface area contributed by atoms with Crippen LogP contribution in [0, 0.1) is 5.92 Å². The molecule has 3 rings (SSSR count). The van der Waals surface area contributed by atoms with Crippen LogP contribution in [-0.4, -0.2) is 53.5 Å². The van der Waals surface area contributed by atoms with E-state index in [0.717, 1.165) is 5.56 Å². The molecule has 9 nitrogen and oxygen atoms in total. The van der Waals surface area contributed by atoms with E-state index >= 15 is 0 Å². The van der Waals surface area contributed by atoms with Crippen molar-refractivity contribution in [1.29, 1.82) is 0 Å². The Morgan fingerprint density at radius 2 is 1.32 bits per heavy atom. The summed E-state index contributed by atoms with van der Waals surface area (Å²) in [6.45, 7) is 4.36. The van der Waals surface area contributed by atoms with Crippen molar-refractivity contribution in [2.75, 3.05) is 11.9 Å². The van der Waals surface area contributed by atoms with E-state index in [1.54, 1.807) is 36.4 Å². The number of para-hydroxylation sites is 1. The van der Waals surface area contributed by atoms with Gasteiger partial charge in [0.2, 0.25) is 11.8 Å². The molecule has 5 N–H and O–H groups in total. The second-order valence-corrected chi connectivity index (χ2v) is 11.3. The molecular formula is C35H44N4O5. The largest absolute Gasteiger partial charge is 0.480 e. The number of rotatable bonds is 18. The number of carboxylic acid groups (broad SMARTS) is 1. The molecule has 0 bridgehead atoms. The smallest absolute Gasteiger partial charge is 0.320 e. The standard InChI is InChI=1S/C35H44N4O5/c1-25(2)24-31(34(42)37-28-18-10-5-11-19-28)39-33(41)29(22-21-26-14-6-3-7-15-26)38-30(35(43)44)20-12-13-23-36-32(40)27-16-8-4-9-17-27/h3-11,14-19,25,29-31,38H,12-13,20-24H2,1-2H3,(H,36,40)(H,37,42)(H,39,41)(H,43,44)/t29-,30+,31-/m0/s1. The van der Waals surface area contributed by atoms with Crippen molar-refractivity contribution in [3.63, 3.8) is 0 Å². The van der Waals surface area contributed by atoms with E-state index in [1.165, 1.54) is 0 Å². The molecule has 0 heterocycles. The number of hydrogen-bond donors (Lipinski definition) is 5. The molecule has 0 radical (unpaired) electrons. The Hall–Kier alpha value is -4.50. The summed E-state index contributed by atoms with van der Waals surface area (Å²) in [4.78, 5) is 51.4. The van der Waals surface area contributed by atoms with Gasteiger partial charge in [-0.1, -0.05) is 80.6 Å². The summed E-state index contributed by atoms with van der Waals surface area (Å²) in [7, 11) is 0. The molecule has 0 spiro atoms. The Kier molecular flexibility index (Phi) is 14.1. The maximum absolute atomic E-state index is 13.7. The van der Waals surface area contributed by atoms with Gasteiger partial charge >= 0.3 is 5.97 Å². The molecule has 0 aliphatic carbocycles. The van der Waals surface area contributed by atoms with Gasteiger partial charge in [0.1, 0.15) is 12.1 Å². The van der Waals surface area contributed by atoms with E-state index in [4.69, 9.17) is 0 Å². The Labute approximate surface area is 259 Å². The van der Waals surface area contributed by atoms with Crippen LogP contribution in [0.4, 0.5) is 5.69 Å². The highest BCUT2D eigenvalue weighted by molar-refractivity contribution is 5.98. The molecular weight excluding hydrogens is 556 g/mol. The van der Waals surface area contributed by atoms with Crippen LogP contribution in [0.2, 0.25) is 0 Å². The van der Waals surface area contributed by atoms with E-state index in [2.05, 4.69) is 21.3 Å². The van der Waals surface area contributed by atoms with Crippen LogP contribution < -0.4 is 21.3 Å². The van der Waals surface area contributed by atoms with Crippen molar-refractivity contribution < 1.29 is 24.3 Å². The average Bonchev–Trinajstić information content (AvgIpc) is 3.02. The molecule has 3 aromatic carbocycles. The first-order valence-corrected chi connectivity index (χ1v) is 15.2. The van der Waals surface area contributed by atoms with Crippen molar-refractivity contribution in [2.45, 2.75) is 70.5 Å². The minimum Gasteiger partial charge on any atom is -0.480 e. The summed E-state index contributed by atoms with van der Waals surface area (Å²) >= 11 is 0. The van der Waals surface area contributed by atoms with Crippen LogP contribution in [0.25, 0.3) is 0 Å². The summed E-state index contributed by atoms with van der Waals surface area (Å²) in [6, 6.07) is 25.0. The van der Waals surface area contributed by atoms with E-state index in [-0.39, 0.29) is 24.2 Å². The van der Waals surface area contributed by atoms with Gasteiger partial charge in [-0.3, -0.25) is 24.5 Å². The number of amides is 3. The third-order valence-corrected chi connectivity index (χ3v) is 7.20. The molecule has 3 atom stereocenters. The first-order valence-electron chi connectivity index (χ1n) is 15.2. The molecule has 0 unspecified atom stereocenters. The number of hydrogen-bond acceptors (Lipinski definition) is 5. The quantitative estimate of drug-likeness (QED) is 0.133. The lowest BCUT2D eigenvalue weighted by Crippen LogP contribution is -2.55. The second-order valence-electron chi connectivity index (χ2n) is 11.3. The number of carbonyl (C=O) groups excluding carboxylic acids is 3. The summed E-state index contributed by atoms with van der Waals surface area (Å²) in [5, 5.41) is 21.7. The van der Waals surface area contributed by atoms with E-state index in [1.807, 2.05) is 68.4 Å². The van der Waals surface area contributed by atoms with Gasteiger partial charge in [0.15, 0.2) is 0 Å². The van der Waals surface area contributed by atoms with Gasteiger partial charge in [0, 0.05) is 17.8 Å². The minimum absolute atomic E-state index is 0.131. The molecule has 44 heavy (non-hydrogen) atoms. The Morgan fingerprint density at radius 3 is 1.93 bits per heavy atom. The lowest BCUT2D eigenvalue weighted by Gasteiger charge is -2.26. The summed E-state index contributed by atoms with van der Waals surface area (Å²) in [5.74, 6) is -1.85. The molecule has 3 aromatic rings. The lowest BCUT2D eigenvalue weighted by atomic mass is 10.00. The fourth-order valence-corrected chi connectivity index (χ4v) is 4.86. The van der Waals surface area contributed by atoms with Gasteiger partial charge in [-0.15, -0.1) is 0 Å². The Morgan fingerprint density at radius 1 is 0.705 bits per heavy atom. The number of carbonyl (C=O) groups is 4. The summed E-state index contributed by atoms with van der Waals surface area (Å²) in [5.41, 5.74) is 2.22. The number of nitrogens with one attached hydrogen (secondary N) is 4. The summed E-state index contributed by atoms with van der Waals surface area (Å²) < 4.78 is 0. The highest BCUT2D eigenvalue weighted by Gasteiger charge is 2.29. The zero-order chi connectivity index (χ0) is 31.7. The fraction of sp³-hybridized carbons (Fsp3) is 0.371. The van der Waals surface area contributed by atoms with Crippen LogP contribution in [0.15, 0.2) is 91.0 Å². The van der Waals surface area contributed by atoms with Crippen LogP contribution >= 0.6 is 0 Å². The third kappa shape index (κ3) is 12.0. The van der Waals surface area contributed by atoms with Crippen molar-refractivity contribution >= 4 is 29.4 Å².